The van der Waals surface area contributed by atoms with E-state index in [-0.39, 0.29) is 5.91 Å². The molecule has 0 saturated heterocycles. The smallest absolute Gasteiger partial charge is 0.224 e. The first-order chi connectivity index (χ1) is 9.15. The van der Waals surface area contributed by atoms with Crippen LogP contribution in [0.15, 0.2) is 42.6 Å². The van der Waals surface area contributed by atoms with E-state index in [4.69, 9.17) is 11.6 Å². The van der Waals surface area contributed by atoms with Gasteiger partial charge in [-0.15, -0.1) is 0 Å². The maximum atomic E-state index is 11.8. The highest BCUT2D eigenvalue weighted by atomic mass is 35.5. The predicted octanol–water partition coefficient (Wildman–Crippen LogP) is 3.61. The molecule has 0 radical (unpaired) electrons. The molecule has 0 fully saturated rings. The molecule has 98 valence electrons. The van der Waals surface area contributed by atoms with Crippen LogP contribution < -0.4 is 5.32 Å². The van der Waals surface area contributed by atoms with E-state index in [9.17, 15) is 4.79 Å². The van der Waals surface area contributed by atoms with Gasteiger partial charge in [-0.2, -0.15) is 0 Å². The summed E-state index contributed by atoms with van der Waals surface area (Å²) in [7, 11) is 0. The van der Waals surface area contributed by atoms with Crippen molar-refractivity contribution in [3.63, 3.8) is 0 Å². The maximum absolute atomic E-state index is 11.8. The summed E-state index contributed by atoms with van der Waals surface area (Å²) in [5.74, 6) is -0.0597. The quantitative estimate of drug-likeness (QED) is 0.866. The van der Waals surface area contributed by atoms with Gasteiger partial charge in [-0.1, -0.05) is 41.4 Å². The van der Waals surface area contributed by atoms with Gasteiger partial charge in [0.05, 0.1) is 5.69 Å². The van der Waals surface area contributed by atoms with Crippen molar-refractivity contribution in [2.45, 2.75) is 19.8 Å². The SMILES string of the molecule is Cc1ccc(CCC(=O)Nc2cccnc2Cl)cc1. The van der Waals surface area contributed by atoms with Crippen molar-refractivity contribution in [3.8, 4) is 0 Å². The molecule has 2 aromatic rings. The molecular formula is C15H15ClN2O. The van der Waals surface area contributed by atoms with Gasteiger partial charge in [-0.25, -0.2) is 4.98 Å². The van der Waals surface area contributed by atoms with E-state index in [0.29, 0.717) is 23.7 Å². The zero-order valence-corrected chi connectivity index (χ0v) is 11.4. The van der Waals surface area contributed by atoms with Gasteiger partial charge in [0.25, 0.3) is 0 Å². The Bertz CT molecular complexity index is 567. The normalized spacial score (nSPS) is 10.2. The number of aromatic nitrogens is 1. The van der Waals surface area contributed by atoms with Crippen LogP contribution in [-0.2, 0) is 11.2 Å². The highest BCUT2D eigenvalue weighted by Gasteiger charge is 2.06. The number of halogens is 1. The van der Waals surface area contributed by atoms with Gasteiger partial charge in [0.1, 0.15) is 0 Å². The molecule has 0 aliphatic carbocycles. The molecule has 1 heterocycles. The monoisotopic (exact) mass is 274 g/mol. The van der Waals surface area contributed by atoms with Crippen LogP contribution in [0.4, 0.5) is 5.69 Å². The average molecular weight is 275 g/mol. The van der Waals surface area contributed by atoms with Gasteiger partial charge in [0.15, 0.2) is 5.15 Å². The van der Waals surface area contributed by atoms with Crippen LogP contribution in [-0.4, -0.2) is 10.9 Å². The summed E-state index contributed by atoms with van der Waals surface area (Å²) >= 11 is 5.88. The molecule has 3 nitrogen and oxygen atoms in total. The molecule has 0 unspecified atom stereocenters. The molecule has 2 rings (SSSR count). The number of amides is 1. The van der Waals surface area contributed by atoms with Crippen LogP contribution >= 0.6 is 11.6 Å². The van der Waals surface area contributed by atoms with Crippen LogP contribution in [0.1, 0.15) is 17.5 Å². The summed E-state index contributed by atoms with van der Waals surface area (Å²) in [5.41, 5.74) is 2.92. The second kappa shape index (κ2) is 6.34. The molecule has 19 heavy (non-hydrogen) atoms. The lowest BCUT2D eigenvalue weighted by Crippen LogP contribution is -2.12. The van der Waals surface area contributed by atoms with Crippen LogP contribution in [0.3, 0.4) is 0 Å². The van der Waals surface area contributed by atoms with Crippen molar-refractivity contribution in [1.82, 2.24) is 4.98 Å². The number of hydrogen-bond donors (Lipinski definition) is 1. The van der Waals surface area contributed by atoms with Crippen molar-refractivity contribution >= 4 is 23.2 Å². The largest absolute Gasteiger partial charge is 0.323 e. The third kappa shape index (κ3) is 4.07. The summed E-state index contributed by atoms with van der Waals surface area (Å²) in [5, 5.41) is 3.07. The Labute approximate surface area is 117 Å². The molecule has 0 saturated carbocycles. The Morgan fingerprint density at radius 1 is 1.26 bits per heavy atom. The van der Waals surface area contributed by atoms with Gasteiger partial charge in [-0.05, 0) is 31.0 Å². The standard InChI is InChI=1S/C15H15ClN2O/c1-11-4-6-12(7-5-11)8-9-14(19)18-13-3-2-10-17-15(13)16/h2-7,10H,8-9H2,1H3,(H,18,19). The first-order valence-corrected chi connectivity index (χ1v) is 6.49. The number of nitrogens with zero attached hydrogens (tertiary/aromatic N) is 1. The first-order valence-electron chi connectivity index (χ1n) is 6.11. The number of aryl methyl sites for hydroxylation is 2. The van der Waals surface area contributed by atoms with Gasteiger partial charge < -0.3 is 5.32 Å². The molecule has 0 aliphatic heterocycles. The van der Waals surface area contributed by atoms with E-state index in [2.05, 4.69) is 10.3 Å². The maximum Gasteiger partial charge on any atom is 0.224 e. The number of anilines is 1. The van der Waals surface area contributed by atoms with Crippen LogP contribution in [0.5, 0.6) is 0 Å². The predicted molar refractivity (Wildman–Crippen MR) is 77.4 cm³/mol. The number of benzene rings is 1. The number of pyridine rings is 1. The molecular weight excluding hydrogens is 260 g/mol. The average Bonchev–Trinajstić information content (AvgIpc) is 2.41. The summed E-state index contributed by atoms with van der Waals surface area (Å²) < 4.78 is 0. The van der Waals surface area contributed by atoms with E-state index in [1.807, 2.05) is 31.2 Å². The van der Waals surface area contributed by atoms with Crippen LogP contribution in [0, 0.1) is 6.92 Å². The number of nitrogens with one attached hydrogen (secondary N) is 1. The Morgan fingerprint density at radius 3 is 2.68 bits per heavy atom. The number of hydrogen-bond acceptors (Lipinski definition) is 2. The molecule has 0 spiro atoms. The Balaban J connectivity index is 1.88. The van der Waals surface area contributed by atoms with E-state index < -0.39 is 0 Å². The van der Waals surface area contributed by atoms with Gasteiger partial charge in [0.2, 0.25) is 5.91 Å². The van der Waals surface area contributed by atoms with E-state index >= 15 is 0 Å². The molecule has 1 aromatic heterocycles. The van der Waals surface area contributed by atoms with Crippen LogP contribution in [0.2, 0.25) is 5.15 Å². The number of rotatable bonds is 4. The van der Waals surface area contributed by atoms with Crippen molar-refractivity contribution in [2.24, 2.45) is 0 Å². The van der Waals surface area contributed by atoms with Crippen molar-refractivity contribution < 1.29 is 4.79 Å². The fourth-order valence-corrected chi connectivity index (χ4v) is 1.87. The minimum Gasteiger partial charge on any atom is -0.323 e. The Kier molecular flexibility index (Phi) is 4.53. The molecule has 4 heteroatoms. The summed E-state index contributed by atoms with van der Waals surface area (Å²) in [6.45, 7) is 2.04. The fraction of sp³-hybridized carbons (Fsp3) is 0.200. The molecule has 0 aliphatic rings. The summed E-state index contributed by atoms with van der Waals surface area (Å²) in [4.78, 5) is 15.7. The lowest BCUT2D eigenvalue weighted by atomic mass is 10.1. The second-order valence-corrected chi connectivity index (χ2v) is 4.73. The van der Waals surface area contributed by atoms with E-state index in [0.717, 1.165) is 5.56 Å². The zero-order valence-electron chi connectivity index (χ0n) is 10.7. The zero-order chi connectivity index (χ0) is 13.7. The van der Waals surface area contributed by atoms with Gasteiger partial charge in [-0.3, -0.25) is 4.79 Å². The van der Waals surface area contributed by atoms with E-state index in [1.165, 1.54) is 5.56 Å². The molecule has 1 amide bonds. The Morgan fingerprint density at radius 2 is 2.00 bits per heavy atom. The molecule has 1 N–H and O–H groups in total. The third-order valence-corrected chi connectivity index (χ3v) is 3.10. The molecule has 0 bridgehead atoms. The van der Waals surface area contributed by atoms with Gasteiger partial charge >= 0.3 is 0 Å². The number of carbonyl (C=O) groups is 1. The van der Waals surface area contributed by atoms with Crippen molar-refractivity contribution in [3.05, 3.63) is 58.9 Å². The summed E-state index contributed by atoms with van der Waals surface area (Å²) in [6, 6.07) is 11.6. The van der Waals surface area contributed by atoms with Crippen molar-refractivity contribution in [2.75, 3.05) is 5.32 Å². The second-order valence-electron chi connectivity index (χ2n) is 4.38. The number of carbonyl (C=O) groups excluding carboxylic acids is 1. The Hall–Kier alpha value is -1.87. The minimum absolute atomic E-state index is 0.0597. The lowest BCUT2D eigenvalue weighted by molar-refractivity contribution is -0.116. The minimum atomic E-state index is -0.0597. The van der Waals surface area contributed by atoms with Crippen LogP contribution in [0.25, 0.3) is 0 Å². The van der Waals surface area contributed by atoms with Crippen molar-refractivity contribution in [1.29, 1.82) is 0 Å². The lowest BCUT2D eigenvalue weighted by Gasteiger charge is -2.06. The summed E-state index contributed by atoms with van der Waals surface area (Å²) in [6.07, 6.45) is 2.72. The molecule has 0 atom stereocenters. The topological polar surface area (TPSA) is 42.0 Å². The highest BCUT2D eigenvalue weighted by Crippen LogP contribution is 2.17. The van der Waals surface area contributed by atoms with E-state index in [1.54, 1.807) is 18.3 Å². The third-order valence-electron chi connectivity index (χ3n) is 2.79. The fourth-order valence-electron chi connectivity index (χ4n) is 1.70. The first kappa shape index (κ1) is 13.6. The van der Waals surface area contributed by atoms with Gasteiger partial charge in [0, 0.05) is 12.6 Å². The highest BCUT2D eigenvalue weighted by molar-refractivity contribution is 6.32. The molecule has 1 aromatic carbocycles.